The highest BCUT2D eigenvalue weighted by Crippen LogP contribution is 2.21. The number of hydrogen-bond donors (Lipinski definition) is 1. The highest BCUT2D eigenvalue weighted by molar-refractivity contribution is 7.99. The van der Waals surface area contributed by atoms with E-state index in [1.54, 1.807) is 35.6 Å². The fraction of sp³-hybridized carbons (Fsp3) is 0.300. The van der Waals surface area contributed by atoms with Gasteiger partial charge in [-0.1, -0.05) is 23.4 Å². The van der Waals surface area contributed by atoms with Gasteiger partial charge in [0.25, 0.3) is 5.22 Å². The van der Waals surface area contributed by atoms with Crippen LogP contribution in [0.4, 0.5) is 0 Å². The molecule has 6 heteroatoms. The van der Waals surface area contributed by atoms with Crippen LogP contribution in [0.15, 0.2) is 34.2 Å². The molecule has 2 heterocycles. The summed E-state index contributed by atoms with van der Waals surface area (Å²) in [6.07, 6.45) is 3.24. The van der Waals surface area contributed by atoms with Gasteiger partial charge in [-0.15, -0.1) is 11.3 Å². The lowest BCUT2D eigenvalue weighted by Crippen LogP contribution is -2.15. The van der Waals surface area contributed by atoms with Gasteiger partial charge in [-0.3, -0.25) is 0 Å². The van der Waals surface area contributed by atoms with Crippen molar-refractivity contribution in [3.63, 3.8) is 0 Å². The predicted molar refractivity (Wildman–Crippen MR) is 68.3 cm³/mol. The summed E-state index contributed by atoms with van der Waals surface area (Å²) in [5.41, 5.74) is 0. The van der Waals surface area contributed by atoms with E-state index in [1.165, 1.54) is 4.88 Å². The third kappa shape index (κ3) is 3.83. The Kier molecular flexibility index (Phi) is 4.71. The Morgan fingerprint density at radius 1 is 1.50 bits per heavy atom. The molecule has 0 unspecified atom stereocenters. The molecule has 0 aliphatic heterocycles. The van der Waals surface area contributed by atoms with E-state index in [0.717, 1.165) is 28.4 Å². The van der Waals surface area contributed by atoms with Gasteiger partial charge in [-0.25, -0.2) is 4.98 Å². The molecule has 3 nitrogen and oxygen atoms in total. The van der Waals surface area contributed by atoms with Crippen LogP contribution in [0.1, 0.15) is 4.88 Å². The summed E-state index contributed by atoms with van der Waals surface area (Å²) in [6, 6.07) is 3.96. The van der Waals surface area contributed by atoms with Gasteiger partial charge in [0.05, 0.1) is 10.5 Å². The van der Waals surface area contributed by atoms with Gasteiger partial charge in [-0.2, -0.15) is 0 Å². The van der Waals surface area contributed by atoms with Crippen LogP contribution in [0, 0.1) is 0 Å². The molecule has 0 aromatic carbocycles. The minimum Gasteiger partial charge on any atom is -0.440 e. The van der Waals surface area contributed by atoms with Crippen molar-refractivity contribution < 1.29 is 4.42 Å². The highest BCUT2D eigenvalue weighted by Gasteiger charge is 1.99. The van der Waals surface area contributed by atoms with Crippen LogP contribution in [0.3, 0.4) is 0 Å². The number of nitrogens with zero attached hydrogens (tertiary/aromatic N) is 1. The van der Waals surface area contributed by atoms with Gasteiger partial charge in [0.2, 0.25) is 0 Å². The van der Waals surface area contributed by atoms with E-state index in [9.17, 15) is 0 Å². The predicted octanol–water partition coefficient (Wildman–Crippen LogP) is 3.27. The second kappa shape index (κ2) is 6.30. The first-order valence-electron chi connectivity index (χ1n) is 4.82. The molecule has 1 N–H and O–H groups in total. The molecule has 2 aromatic rings. The lowest BCUT2D eigenvalue weighted by Gasteiger charge is -2.00. The first-order chi connectivity index (χ1) is 7.84. The molecule has 16 heavy (non-hydrogen) atoms. The minimum absolute atomic E-state index is 0.723. The average Bonchev–Trinajstić information content (AvgIpc) is 2.89. The molecule has 0 spiro atoms. The van der Waals surface area contributed by atoms with Crippen LogP contribution in [0.25, 0.3) is 0 Å². The van der Waals surface area contributed by atoms with E-state index in [-0.39, 0.29) is 0 Å². The SMILES string of the molecule is Clc1ccc(CNCCSc2ncco2)s1. The van der Waals surface area contributed by atoms with Gasteiger partial charge >= 0.3 is 0 Å². The van der Waals surface area contributed by atoms with Crippen molar-refractivity contribution in [3.8, 4) is 0 Å². The van der Waals surface area contributed by atoms with Crippen LogP contribution in [0.2, 0.25) is 4.34 Å². The molecule has 2 aromatic heterocycles. The Balaban J connectivity index is 1.59. The standard InChI is InChI=1S/C10H11ClN2OS2/c11-9-2-1-8(16-9)7-12-4-6-15-10-13-3-5-14-10/h1-3,5,12H,4,6-7H2. The summed E-state index contributed by atoms with van der Waals surface area (Å²) in [7, 11) is 0. The first kappa shape index (κ1) is 12.0. The van der Waals surface area contributed by atoms with E-state index in [0.29, 0.717) is 0 Å². The Hall–Kier alpha value is -0.490. The van der Waals surface area contributed by atoms with E-state index < -0.39 is 0 Å². The van der Waals surface area contributed by atoms with Crippen molar-refractivity contribution in [1.29, 1.82) is 0 Å². The van der Waals surface area contributed by atoms with Crippen LogP contribution >= 0.6 is 34.7 Å². The Bertz CT molecular complexity index is 416. The van der Waals surface area contributed by atoms with Crippen LogP contribution < -0.4 is 5.32 Å². The molecule has 0 amide bonds. The van der Waals surface area contributed by atoms with Crippen molar-refractivity contribution in [2.24, 2.45) is 0 Å². The summed E-state index contributed by atoms with van der Waals surface area (Å²) in [6.45, 7) is 1.78. The molecule has 0 saturated heterocycles. The molecule has 0 atom stereocenters. The van der Waals surface area contributed by atoms with Gasteiger partial charge < -0.3 is 9.73 Å². The minimum atomic E-state index is 0.723. The van der Waals surface area contributed by atoms with Crippen LogP contribution in [0.5, 0.6) is 0 Å². The summed E-state index contributed by atoms with van der Waals surface area (Å²) in [4.78, 5) is 5.28. The van der Waals surface area contributed by atoms with E-state index in [4.69, 9.17) is 16.0 Å². The van der Waals surface area contributed by atoms with Crippen molar-refractivity contribution in [3.05, 3.63) is 33.8 Å². The van der Waals surface area contributed by atoms with E-state index in [1.807, 2.05) is 12.1 Å². The molecule has 0 aliphatic carbocycles. The maximum Gasteiger partial charge on any atom is 0.255 e. The maximum atomic E-state index is 5.83. The summed E-state index contributed by atoms with van der Waals surface area (Å²) in [5.74, 6) is 0.944. The van der Waals surface area contributed by atoms with Crippen molar-refractivity contribution in [2.45, 2.75) is 11.8 Å². The second-order valence-corrected chi connectivity index (χ2v) is 5.87. The third-order valence-corrected chi connectivity index (χ3v) is 3.93. The number of aromatic nitrogens is 1. The molecule has 0 saturated carbocycles. The zero-order valence-corrected chi connectivity index (χ0v) is 10.9. The second-order valence-electron chi connectivity index (χ2n) is 3.03. The van der Waals surface area contributed by atoms with E-state index >= 15 is 0 Å². The van der Waals surface area contributed by atoms with Gasteiger partial charge in [0, 0.05) is 23.7 Å². The van der Waals surface area contributed by atoms with Gasteiger partial charge in [-0.05, 0) is 12.1 Å². The summed E-state index contributed by atoms with van der Waals surface area (Å²) < 4.78 is 5.95. The molecule has 0 bridgehead atoms. The zero-order valence-electron chi connectivity index (χ0n) is 8.48. The smallest absolute Gasteiger partial charge is 0.255 e. The van der Waals surface area contributed by atoms with Gasteiger partial charge in [0.15, 0.2) is 0 Å². The lowest BCUT2D eigenvalue weighted by atomic mass is 10.4. The largest absolute Gasteiger partial charge is 0.440 e. The number of thiophene rings is 1. The molecule has 0 radical (unpaired) electrons. The number of oxazole rings is 1. The molecular formula is C10H11ClN2OS2. The normalized spacial score (nSPS) is 10.8. The van der Waals surface area contributed by atoms with Crippen LogP contribution in [-0.4, -0.2) is 17.3 Å². The molecule has 2 rings (SSSR count). The maximum absolute atomic E-state index is 5.83. The molecule has 0 fully saturated rings. The Labute approximate surface area is 107 Å². The van der Waals surface area contributed by atoms with Gasteiger partial charge in [0.1, 0.15) is 6.26 Å². The van der Waals surface area contributed by atoms with Crippen molar-refractivity contribution in [1.82, 2.24) is 10.3 Å². The monoisotopic (exact) mass is 274 g/mol. The molecular weight excluding hydrogens is 264 g/mol. The van der Waals surface area contributed by atoms with Crippen molar-refractivity contribution in [2.75, 3.05) is 12.3 Å². The molecule has 0 aliphatic rings. The Morgan fingerprint density at radius 2 is 2.44 bits per heavy atom. The highest BCUT2D eigenvalue weighted by atomic mass is 35.5. The lowest BCUT2D eigenvalue weighted by molar-refractivity contribution is 0.454. The molecule has 86 valence electrons. The first-order valence-corrected chi connectivity index (χ1v) is 7.00. The Morgan fingerprint density at radius 3 is 3.12 bits per heavy atom. The number of halogens is 1. The van der Waals surface area contributed by atoms with Crippen LogP contribution in [-0.2, 0) is 6.54 Å². The van der Waals surface area contributed by atoms with E-state index in [2.05, 4.69) is 10.3 Å². The number of thioether (sulfide) groups is 1. The number of nitrogens with one attached hydrogen (secondary N) is 1. The zero-order chi connectivity index (χ0) is 11.2. The number of rotatable bonds is 6. The fourth-order valence-corrected chi connectivity index (χ4v) is 2.89. The summed E-state index contributed by atoms with van der Waals surface area (Å²) in [5, 5.41) is 4.06. The third-order valence-electron chi connectivity index (χ3n) is 1.84. The van der Waals surface area contributed by atoms with Crippen molar-refractivity contribution >= 4 is 34.7 Å². The summed E-state index contributed by atoms with van der Waals surface area (Å²) >= 11 is 9.05. The fourth-order valence-electron chi connectivity index (χ4n) is 1.15. The topological polar surface area (TPSA) is 38.1 Å². The quantitative estimate of drug-likeness (QED) is 0.648. The number of hydrogen-bond acceptors (Lipinski definition) is 5. The average molecular weight is 275 g/mol.